The maximum atomic E-state index is 12.6. The molecule has 1 heterocycles. The van der Waals surface area contributed by atoms with Gasteiger partial charge in [0.1, 0.15) is 0 Å². The summed E-state index contributed by atoms with van der Waals surface area (Å²) >= 11 is 1.23. The van der Waals surface area contributed by atoms with Crippen molar-refractivity contribution in [2.24, 2.45) is 5.10 Å². The molecule has 0 unspecified atom stereocenters. The van der Waals surface area contributed by atoms with Gasteiger partial charge < -0.3 is 23.7 Å². The van der Waals surface area contributed by atoms with E-state index in [1.165, 1.54) is 18.0 Å². The lowest BCUT2D eigenvalue weighted by molar-refractivity contribution is -0.118. The molecule has 0 radical (unpaired) electrons. The number of thioether (sulfide) groups is 1. The van der Waals surface area contributed by atoms with E-state index < -0.39 is 0 Å². The Bertz CT molecular complexity index is 1470. The van der Waals surface area contributed by atoms with E-state index in [4.69, 9.17) is 23.7 Å². The Labute approximate surface area is 236 Å². The van der Waals surface area contributed by atoms with Gasteiger partial charge in [0.15, 0.2) is 34.0 Å². The smallest absolute Gasteiger partial charge is 0.250 e. The van der Waals surface area contributed by atoms with Crippen LogP contribution in [0.15, 0.2) is 70.9 Å². The third kappa shape index (κ3) is 6.29. The van der Waals surface area contributed by atoms with E-state index in [1.54, 1.807) is 65.9 Å². The molecule has 0 fully saturated rings. The molecule has 0 aliphatic carbocycles. The molecule has 12 heteroatoms. The molecule has 4 aromatic rings. The molecule has 3 aromatic carbocycles. The number of amides is 1. The fourth-order valence-electron chi connectivity index (χ4n) is 3.84. The Morgan fingerprint density at radius 2 is 1.52 bits per heavy atom. The first-order valence-corrected chi connectivity index (χ1v) is 13.0. The minimum absolute atomic E-state index is 0.0590. The van der Waals surface area contributed by atoms with Gasteiger partial charge in [-0.05, 0) is 48.0 Å². The molecule has 1 N–H and O–H groups in total. The number of hydrogen-bond donors (Lipinski definition) is 1. The zero-order chi connectivity index (χ0) is 28.5. The van der Waals surface area contributed by atoms with Crippen LogP contribution in [0.1, 0.15) is 5.56 Å². The van der Waals surface area contributed by atoms with Crippen molar-refractivity contribution >= 4 is 23.9 Å². The second kappa shape index (κ2) is 13.4. The third-order valence-electron chi connectivity index (χ3n) is 5.71. The number of aromatic nitrogens is 3. The van der Waals surface area contributed by atoms with Crippen LogP contribution in [-0.2, 0) is 4.79 Å². The topological polar surface area (TPSA) is 118 Å². The lowest BCUT2D eigenvalue weighted by atomic mass is 10.1. The van der Waals surface area contributed by atoms with Gasteiger partial charge in [0.05, 0.1) is 47.5 Å². The summed E-state index contributed by atoms with van der Waals surface area (Å²) in [4.78, 5) is 12.6. The van der Waals surface area contributed by atoms with Crippen molar-refractivity contribution in [3.8, 4) is 45.8 Å². The van der Waals surface area contributed by atoms with Crippen LogP contribution >= 0.6 is 11.8 Å². The van der Waals surface area contributed by atoms with Gasteiger partial charge in [0.2, 0.25) is 5.75 Å². The lowest BCUT2D eigenvalue weighted by Gasteiger charge is -2.15. The molecule has 0 bridgehead atoms. The molecular formula is C28H29N5O6S. The minimum Gasteiger partial charge on any atom is -0.493 e. The molecule has 0 spiro atoms. The van der Waals surface area contributed by atoms with Gasteiger partial charge in [-0.2, -0.15) is 5.10 Å². The van der Waals surface area contributed by atoms with Crippen LogP contribution in [0, 0.1) is 0 Å². The first kappa shape index (κ1) is 28.3. The van der Waals surface area contributed by atoms with Crippen molar-refractivity contribution in [1.82, 2.24) is 20.2 Å². The normalized spacial score (nSPS) is 10.8. The minimum atomic E-state index is -0.307. The molecule has 1 amide bonds. The van der Waals surface area contributed by atoms with Crippen LogP contribution in [0.2, 0.25) is 0 Å². The van der Waals surface area contributed by atoms with Crippen molar-refractivity contribution in [1.29, 1.82) is 0 Å². The Kier molecular flexibility index (Phi) is 9.47. The number of ether oxygens (including phenoxy) is 5. The number of rotatable bonds is 12. The summed E-state index contributed by atoms with van der Waals surface area (Å²) in [6.07, 6.45) is 1.53. The highest BCUT2D eigenvalue weighted by Gasteiger charge is 2.21. The monoisotopic (exact) mass is 563 g/mol. The highest BCUT2D eigenvalue weighted by molar-refractivity contribution is 7.99. The fourth-order valence-corrected chi connectivity index (χ4v) is 4.59. The molecule has 40 heavy (non-hydrogen) atoms. The molecule has 0 aliphatic heterocycles. The van der Waals surface area contributed by atoms with Crippen LogP contribution in [0.25, 0.3) is 17.1 Å². The summed E-state index contributed by atoms with van der Waals surface area (Å²) in [5.74, 6) is 2.91. The summed E-state index contributed by atoms with van der Waals surface area (Å²) in [6.45, 7) is 0. The van der Waals surface area contributed by atoms with E-state index in [0.717, 1.165) is 11.3 Å². The molecular weight excluding hydrogens is 534 g/mol. The zero-order valence-electron chi connectivity index (χ0n) is 22.7. The number of carbonyl (C=O) groups excluding carboxylic acids is 1. The van der Waals surface area contributed by atoms with E-state index in [-0.39, 0.29) is 11.7 Å². The molecule has 0 saturated heterocycles. The van der Waals surface area contributed by atoms with Crippen molar-refractivity contribution in [3.63, 3.8) is 0 Å². The molecule has 208 valence electrons. The number of methoxy groups -OCH3 is 5. The van der Waals surface area contributed by atoms with E-state index >= 15 is 0 Å². The number of nitrogens with one attached hydrogen (secondary N) is 1. The molecule has 0 saturated carbocycles. The second-order valence-electron chi connectivity index (χ2n) is 8.09. The standard InChI is InChI=1S/C28H29N5O6S/c1-35-21-12-11-18(13-22(21)36-2)16-29-30-25(34)17-40-28-32-31-27(33(28)20-9-7-6-8-10-20)19-14-23(37-3)26(39-5)24(15-19)38-4/h6-16H,17H2,1-5H3,(H,30,34)/b29-16-. The van der Waals surface area contributed by atoms with Crippen molar-refractivity contribution < 1.29 is 28.5 Å². The first-order valence-electron chi connectivity index (χ1n) is 12.0. The largest absolute Gasteiger partial charge is 0.493 e. The van der Waals surface area contributed by atoms with Gasteiger partial charge in [0.25, 0.3) is 5.91 Å². The van der Waals surface area contributed by atoms with Gasteiger partial charge in [0, 0.05) is 11.3 Å². The van der Waals surface area contributed by atoms with Crippen molar-refractivity contribution in [2.75, 3.05) is 41.3 Å². The van der Waals surface area contributed by atoms with Crippen LogP contribution < -0.4 is 29.1 Å². The predicted molar refractivity (Wildman–Crippen MR) is 152 cm³/mol. The van der Waals surface area contributed by atoms with E-state index in [0.29, 0.717) is 45.3 Å². The van der Waals surface area contributed by atoms with Gasteiger partial charge in [-0.25, -0.2) is 5.43 Å². The molecule has 0 atom stereocenters. The molecule has 4 rings (SSSR count). The number of hydrazone groups is 1. The van der Waals surface area contributed by atoms with Gasteiger partial charge in [-0.15, -0.1) is 10.2 Å². The number of hydrogen-bond acceptors (Lipinski definition) is 10. The Morgan fingerprint density at radius 1 is 0.850 bits per heavy atom. The predicted octanol–water partition coefficient (Wildman–Crippen LogP) is 4.22. The van der Waals surface area contributed by atoms with Gasteiger partial charge in [-0.3, -0.25) is 9.36 Å². The highest BCUT2D eigenvalue weighted by Crippen LogP contribution is 2.41. The first-order chi connectivity index (χ1) is 19.5. The highest BCUT2D eigenvalue weighted by atomic mass is 32.2. The summed E-state index contributed by atoms with van der Waals surface area (Å²) in [5, 5.41) is 13.4. The summed E-state index contributed by atoms with van der Waals surface area (Å²) in [6, 6.07) is 18.5. The van der Waals surface area contributed by atoms with Crippen LogP contribution in [0.4, 0.5) is 0 Å². The van der Waals surface area contributed by atoms with E-state index in [9.17, 15) is 4.79 Å². The summed E-state index contributed by atoms with van der Waals surface area (Å²) in [7, 11) is 7.77. The van der Waals surface area contributed by atoms with E-state index in [2.05, 4.69) is 20.7 Å². The molecule has 11 nitrogen and oxygen atoms in total. The summed E-state index contributed by atoms with van der Waals surface area (Å²) in [5.41, 5.74) is 4.80. The second-order valence-corrected chi connectivity index (χ2v) is 9.03. The Hall–Kier alpha value is -4.71. The Balaban J connectivity index is 1.55. The van der Waals surface area contributed by atoms with Crippen molar-refractivity contribution in [2.45, 2.75) is 5.16 Å². The summed E-state index contributed by atoms with van der Waals surface area (Å²) < 4.78 is 28.9. The van der Waals surface area contributed by atoms with Crippen molar-refractivity contribution in [3.05, 3.63) is 66.2 Å². The van der Waals surface area contributed by atoms with Crippen LogP contribution in [0.3, 0.4) is 0 Å². The molecule has 1 aromatic heterocycles. The van der Waals surface area contributed by atoms with Crippen LogP contribution in [0.5, 0.6) is 28.7 Å². The average molecular weight is 564 g/mol. The average Bonchev–Trinajstić information content (AvgIpc) is 3.43. The fraction of sp³-hybridized carbons (Fsp3) is 0.214. The van der Waals surface area contributed by atoms with Gasteiger partial charge >= 0.3 is 0 Å². The third-order valence-corrected chi connectivity index (χ3v) is 6.64. The number of para-hydroxylation sites is 1. The number of carbonyl (C=O) groups is 1. The maximum absolute atomic E-state index is 12.6. The molecule has 0 aliphatic rings. The quantitative estimate of drug-likeness (QED) is 0.154. The number of benzene rings is 3. The van der Waals surface area contributed by atoms with Gasteiger partial charge in [-0.1, -0.05) is 30.0 Å². The number of nitrogens with zero attached hydrogens (tertiary/aromatic N) is 4. The lowest BCUT2D eigenvalue weighted by Crippen LogP contribution is -2.20. The zero-order valence-corrected chi connectivity index (χ0v) is 23.5. The van der Waals surface area contributed by atoms with Crippen LogP contribution in [-0.4, -0.2) is 68.2 Å². The van der Waals surface area contributed by atoms with E-state index in [1.807, 2.05) is 34.9 Å². The SMILES string of the molecule is COc1ccc(/C=N\NC(=O)CSc2nnc(-c3cc(OC)c(OC)c(OC)c3)n2-c2ccccc2)cc1OC. The Morgan fingerprint density at radius 3 is 2.15 bits per heavy atom. The maximum Gasteiger partial charge on any atom is 0.250 e.